The third kappa shape index (κ3) is 4.08. The minimum absolute atomic E-state index is 0.0113. The normalized spacial score (nSPS) is 20.2. The zero-order valence-electron chi connectivity index (χ0n) is 15.8. The molecule has 0 aliphatic carbocycles. The minimum Gasteiger partial charge on any atom is -0.339 e. The van der Waals surface area contributed by atoms with E-state index in [0.717, 1.165) is 34.7 Å². The second-order valence-electron chi connectivity index (χ2n) is 7.17. The monoisotopic (exact) mass is 456 g/mol. The maximum Gasteiger partial charge on any atom is 0.416 e. The van der Waals surface area contributed by atoms with Gasteiger partial charge in [0.15, 0.2) is 0 Å². The Morgan fingerprint density at radius 1 is 0.967 bits per heavy atom. The van der Waals surface area contributed by atoms with Gasteiger partial charge < -0.3 is 4.90 Å². The van der Waals surface area contributed by atoms with Gasteiger partial charge in [0, 0.05) is 31.1 Å². The second kappa shape index (κ2) is 7.90. The number of benzene rings is 2. The number of halogens is 3. The summed E-state index contributed by atoms with van der Waals surface area (Å²) in [5.74, 6) is -0.0113. The van der Waals surface area contributed by atoms with Crippen LogP contribution in [0.5, 0.6) is 0 Å². The molecule has 0 saturated carbocycles. The van der Waals surface area contributed by atoms with Crippen molar-refractivity contribution in [3.8, 4) is 0 Å². The zero-order chi connectivity index (χ0) is 21.5. The van der Waals surface area contributed by atoms with Crippen molar-refractivity contribution in [3.05, 3.63) is 59.7 Å². The van der Waals surface area contributed by atoms with Gasteiger partial charge in [-0.15, -0.1) is 11.8 Å². The molecule has 0 bridgehead atoms. The average Bonchev–Trinajstić information content (AvgIpc) is 3.17. The molecular formula is C20H19F3N2O3S2. The predicted octanol–water partition coefficient (Wildman–Crippen LogP) is 3.26. The van der Waals surface area contributed by atoms with Gasteiger partial charge in [0.05, 0.1) is 15.7 Å². The van der Waals surface area contributed by atoms with Crippen LogP contribution < -0.4 is 0 Å². The van der Waals surface area contributed by atoms with Gasteiger partial charge in [0.25, 0.3) is 0 Å². The fourth-order valence-electron chi connectivity index (χ4n) is 3.64. The van der Waals surface area contributed by atoms with E-state index in [1.165, 1.54) is 16.1 Å². The third-order valence-electron chi connectivity index (χ3n) is 5.29. The number of carbonyl (C=O) groups is 1. The van der Waals surface area contributed by atoms with Gasteiger partial charge in [-0.3, -0.25) is 4.79 Å². The van der Waals surface area contributed by atoms with Gasteiger partial charge >= 0.3 is 6.18 Å². The summed E-state index contributed by atoms with van der Waals surface area (Å²) in [6.45, 7) is 0.733. The van der Waals surface area contributed by atoms with E-state index < -0.39 is 21.8 Å². The number of carbonyl (C=O) groups excluding carboxylic acids is 1. The molecule has 2 aliphatic heterocycles. The third-order valence-corrected chi connectivity index (χ3v) is 8.51. The highest BCUT2D eigenvalue weighted by Crippen LogP contribution is 2.38. The van der Waals surface area contributed by atoms with Crippen molar-refractivity contribution < 1.29 is 26.4 Å². The molecule has 0 radical (unpaired) electrons. The summed E-state index contributed by atoms with van der Waals surface area (Å²) in [4.78, 5) is 15.4. The van der Waals surface area contributed by atoms with Gasteiger partial charge in [-0.05, 0) is 42.3 Å². The van der Waals surface area contributed by atoms with Crippen LogP contribution in [0.15, 0.2) is 58.3 Å². The molecule has 2 aromatic rings. The van der Waals surface area contributed by atoms with E-state index in [2.05, 4.69) is 0 Å². The smallest absolute Gasteiger partial charge is 0.339 e. The van der Waals surface area contributed by atoms with E-state index in [1.54, 1.807) is 4.90 Å². The van der Waals surface area contributed by atoms with E-state index in [4.69, 9.17) is 0 Å². The van der Waals surface area contributed by atoms with Crippen LogP contribution in [0.1, 0.15) is 11.1 Å². The van der Waals surface area contributed by atoms with Crippen molar-refractivity contribution in [3.63, 3.8) is 0 Å². The number of amides is 1. The Hall–Kier alpha value is -2.04. The molecule has 10 heteroatoms. The van der Waals surface area contributed by atoms with Crippen molar-refractivity contribution >= 4 is 27.7 Å². The molecule has 0 N–H and O–H groups in total. The largest absolute Gasteiger partial charge is 0.416 e. The summed E-state index contributed by atoms with van der Waals surface area (Å²) >= 11 is 1.53. The lowest BCUT2D eigenvalue weighted by Crippen LogP contribution is -2.52. The fraction of sp³-hybridized carbons (Fsp3) is 0.350. The van der Waals surface area contributed by atoms with E-state index in [0.29, 0.717) is 6.42 Å². The lowest BCUT2D eigenvalue weighted by Gasteiger charge is -2.35. The van der Waals surface area contributed by atoms with E-state index in [-0.39, 0.29) is 42.2 Å². The van der Waals surface area contributed by atoms with Crippen LogP contribution in [0.4, 0.5) is 13.2 Å². The Balaban J connectivity index is 1.39. The molecule has 1 amide bonds. The first kappa shape index (κ1) is 21.2. The molecule has 2 aromatic carbocycles. The molecule has 1 saturated heterocycles. The van der Waals surface area contributed by atoms with Crippen LogP contribution in [0.3, 0.4) is 0 Å². The highest BCUT2D eigenvalue weighted by molar-refractivity contribution is 8.01. The average molecular weight is 457 g/mol. The summed E-state index contributed by atoms with van der Waals surface area (Å²) in [5, 5.41) is -0.208. The molecule has 4 rings (SSSR count). The van der Waals surface area contributed by atoms with Crippen LogP contribution >= 0.6 is 11.8 Å². The summed E-state index contributed by atoms with van der Waals surface area (Å²) in [6, 6.07) is 11.3. The molecule has 2 aliphatic rings. The predicted molar refractivity (Wildman–Crippen MR) is 107 cm³/mol. The number of piperazine rings is 1. The van der Waals surface area contributed by atoms with Crippen LogP contribution in [0.25, 0.3) is 0 Å². The number of rotatable bonds is 3. The molecule has 160 valence electrons. The fourth-order valence-corrected chi connectivity index (χ4v) is 6.34. The van der Waals surface area contributed by atoms with E-state index in [9.17, 15) is 26.4 Å². The molecular weight excluding hydrogens is 437 g/mol. The number of nitrogens with zero attached hydrogens (tertiary/aromatic N) is 2. The standard InChI is InChI=1S/C20H19F3N2O3S2/c21-20(22,23)15-5-7-16(8-6-15)30(27,28)25-11-9-24(10-12-25)19(26)18-13-14-3-1-2-4-17(14)29-18/h1-8,18H,9-13H2. The molecule has 1 fully saturated rings. The van der Waals surface area contributed by atoms with Gasteiger partial charge in [-0.2, -0.15) is 17.5 Å². The van der Waals surface area contributed by atoms with E-state index >= 15 is 0 Å². The quantitative estimate of drug-likeness (QED) is 0.712. The minimum atomic E-state index is -4.52. The lowest BCUT2D eigenvalue weighted by molar-refractivity contribution is -0.137. The van der Waals surface area contributed by atoms with Crippen LogP contribution in [-0.4, -0.2) is 55.0 Å². The second-order valence-corrected chi connectivity index (χ2v) is 10.4. The molecule has 1 atom stereocenters. The molecule has 2 heterocycles. The Kier molecular flexibility index (Phi) is 5.58. The van der Waals surface area contributed by atoms with Crippen molar-refractivity contribution in [2.24, 2.45) is 0 Å². The van der Waals surface area contributed by atoms with Crippen molar-refractivity contribution in [1.29, 1.82) is 0 Å². The zero-order valence-corrected chi connectivity index (χ0v) is 17.4. The summed E-state index contributed by atoms with van der Waals surface area (Å²) < 4.78 is 64.9. The van der Waals surface area contributed by atoms with E-state index in [1.807, 2.05) is 24.3 Å². The first-order chi connectivity index (χ1) is 14.2. The van der Waals surface area contributed by atoms with Gasteiger partial charge in [0.1, 0.15) is 0 Å². The summed E-state index contributed by atoms with van der Waals surface area (Å²) in [6.07, 6.45) is -3.87. The van der Waals surface area contributed by atoms with Gasteiger partial charge in [0.2, 0.25) is 15.9 Å². The van der Waals surface area contributed by atoms with Crippen LogP contribution in [-0.2, 0) is 27.4 Å². The summed E-state index contributed by atoms with van der Waals surface area (Å²) in [7, 11) is -3.91. The maximum absolute atomic E-state index is 12.9. The first-order valence-corrected chi connectivity index (χ1v) is 11.7. The van der Waals surface area contributed by atoms with Gasteiger partial charge in [-0.1, -0.05) is 18.2 Å². The lowest BCUT2D eigenvalue weighted by atomic mass is 10.1. The van der Waals surface area contributed by atoms with Crippen molar-refractivity contribution in [2.45, 2.75) is 27.6 Å². The topological polar surface area (TPSA) is 57.7 Å². The molecule has 30 heavy (non-hydrogen) atoms. The SMILES string of the molecule is O=C(C1Cc2ccccc2S1)N1CCN(S(=O)(=O)c2ccc(C(F)(F)F)cc2)CC1. The van der Waals surface area contributed by atoms with Gasteiger partial charge in [-0.25, -0.2) is 8.42 Å². The molecule has 0 aromatic heterocycles. The van der Waals surface area contributed by atoms with Crippen LogP contribution in [0, 0.1) is 0 Å². The van der Waals surface area contributed by atoms with Crippen molar-refractivity contribution in [1.82, 2.24) is 9.21 Å². The highest BCUT2D eigenvalue weighted by Gasteiger charge is 2.36. The molecule has 1 unspecified atom stereocenters. The molecule has 5 nitrogen and oxygen atoms in total. The Morgan fingerprint density at radius 2 is 1.60 bits per heavy atom. The highest BCUT2D eigenvalue weighted by atomic mass is 32.2. The number of alkyl halides is 3. The number of hydrogen-bond acceptors (Lipinski definition) is 4. The Labute approximate surface area is 176 Å². The number of thioether (sulfide) groups is 1. The number of sulfonamides is 1. The summed E-state index contributed by atoms with van der Waals surface area (Å²) in [5.41, 5.74) is 0.247. The molecule has 0 spiro atoms. The van der Waals surface area contributed by atoms with Crippen molar-refractivity contribution in [2.75, 3.05) is 26.2 Å². The number of fused-ring (bicyclic) bond motifs is 1. The number of hydrogen-bond donors (Lipinski definition) is 0. The Morgan fingerprint density at radius 3 is 2.20 bits per heavy atom. The maximum atomic E-state index is 12.9. The Bertz CT molecular complexity index is 1020. The van der Waals surface area contributed by atoms with Crippen LogP contribution in [0.2, 0.25) is 0 Å². The first-order valence-electron chi connectivity index (χ1n) is 9.37.